The van der Waals surface area contributed by atoms with Gasteiger partial charge in [0.05, 0.1) is 0 Å². The van der Waals surface area contributed by atoms with E-state index >= 15 is 0 Å². The molecule has 0 saturated heterocycles. The van der Waals surface area contributed by atoms with Gasteiger partial charge in [-0.3, -0.25) is 4.79 Å². The molecular formula is C12H18N2O. The van der Waals surface area contributed by atoms with Crippen LogP contribution in [0.15, 0.2) is 24.3 Å². The van der Waals surface area contributed by atoms with Gasteiger partial charge < -0.3 is 11.1 Å². The number of benzene rings is 1. The van der Waals surface area contributed by atoms with E-state index in [4.69, 9.17) is 5.73 Å². The Bertz CT molecular complexity index is 334. The molecule has 3 nitrogen and oxygen atoms in total. The van der Waals surface area contributed by atoms with Crippen molar-refractivity contribution < 1.29 is 4.79 Å². The highest BCUT2D eigenvalue weighted by atomic mass is 16.1. The molecule has 1 atom stereocenters. The van der Waals surface area contributed by atoms with E-state index < -0.39 is 0 Å². The summed E-state index contributed by atoms with van der Waals surface area (Å²) in [7, 11) is 0. The Hall–Kier alpha value is -1.35. The van der Waals surface area contributed by atoms with Gasteiger partial charge in [-0.1, -0.05) is 18.2 Å². The van der Waals surface area contributed by atoms with Crippen molar-refractivity contribution in [2.45, 2.75) is 32.7 Å². The molecule has 3 heteroatoms. The standard InChI is InChI=1S/C12H18N2O/c1-9-5-3-4-6-11(9)14-12(15)8-7-10(2)13/h3-6,10H,7-8,13H2,1-2H3,(H,14,15). The Balaban J connectivity index is 2.48. The molecule has 3 N–H and O–H groups in total. The van der Waals surface area contributed by atoms with Gasteiger partial charge in [0, 0.05) is 18.2 Å². The van der Waals surface area contributed by atoms with Gasteiger partial charge in [0.25, 0.3) is 0 Å². The van der Waals surface area contributed by atoms with Crippen molar-refractivity contribution in [3.05, 3.63) is 29.8 Å². The molecule has 0 fully saturated rings. The molecule has 0 aliphatic carbocycles. The minimum atomic E-state index is 0.0293. The van der Waals surface area contributed by atoms with Crippen LogP contribution >= 0.6 is 0 Å². The highest BCUT2D eigenvalue weighted by Gasteiger charge is 2.05. The summed E-state index contributed by atoms with van der Waals surface area (Å²) in [4.78, 5) is 11.5. The van der Waals surface area contributed by atoms with Crippen LogP contribution in [0.2, 0.25) is 0 Å². The molecule has 0 saturated carbocycles. The summed E-state index contributed by atoms with van der Waals surface area (Å²) < 4.78 is 0. The molecule has 1 amide bonds. The van der Waals surface area contributed by atoms with Crippen LogP contribution in [0.1, 0.15) is 25.3 Å². The van der Waals surface area contributed by atoms with Crippen LogP contribution in [0.25, 0.3) is 0 Å². The molecule has 0 heterocycles. The number of para-hydroxylation sites is 1. The molecule has 1 aromatic carbocycles. The van der Waals surface area contributed by atoms with Crippen LogP contribution in [-0.2, 0) is 4.79 Å². The van der Waals surface area contributed by atoms with E-state index in [1.54, 1.807) is 0 Å². The van der Waals surface area contributed by atoms with E-state index in [1.807, 2.05) is 38.1 Å². The first-order chi connectivity index (χ1) is 7.09. The van der Waals surface area contributed by atoms with Gasteiger partial charge in [0.2, 0.25) is 5.91 Å². The number of hydrogen-bond donors (Lipinski definition) is 2. The lowest BCUT2D eigenvalue weighted by molar-refractivity contribution is -0.116. The van der Waals surface area contributed by atoms with Gasteiger partial charge >= 0.3 is 0 Å². The van der Waals surface area contributed by atoms with Crippen molar-refractivity contribution in [3.8, 4) is 0 Å². The zero-order chi connectivity index (χ0) is 11.3. The number of carbonyl (C=O) groups excluding carboxylic acids is 1. The third kappa shape index (κ3) is 4.13. The fraction of sp³-hybridized carbons (Fsp3) is 0.417. The van der Waals surface area contributed by atoms with Gasteiger partial charge in [-0.2, -0.15) is 0 Å². The maximum Gasteiger partial charge on any atom is 0.224 e. The first kappa shape index (κ1) is 11.7. The van der Waals surface area contributed by atoms with Crippen molar-refractivity contribution in [2.75, 3.05) is 5.32 Å². The molecule has 0 aliphatic rings. The molecule has 1 aromatic rings. The predicted octanol–water partition coefficient (Wildman–Crippen LogP) is 2.06. The first-order valence-corrected chi connectivity index (χ1v) is 5.20. The molecular weight excluding hydrogens is 188 g/mol. The van der Waals surface area contributed by atoms with Gasteiger partial charge in [0.15, 0.2) is 0 Å². The lowest BCUT2D eigenvalue weighted by atomic mass is 10.1. The van der Waals surface area contributed by atoms with Crippen molar-refractivity contribution in [3.63, 3.8) is 0 Å². The Morgan fingerprint density at radius 2 is 2.13 bits per heavy atom. The van der Waals surface area contributed by atoms with Crippen LogP contribution in [-0.4, -0.2) is 11.9 Å². The molecule has 0 radical (unpaired) electrons. The highest BCUT2D eigenvalue weighted by molar-refractivity contribution is 5.91. The maximum absolute atomic E-state index is 11.5. The molecule has 0 aliphatic heterocycles. The normalized spacial score (nSPS) is 12.2. The van der Waals surface area contributed by atoms with Crippen molar-refractivity contribution in [1.82, 2.24) is 0 Å². The maximum atomic E-state index is 11.5. The number of aryl methyl sites for hydroxylation is 1. The first-order valence-electron chi connectivity index (χ1n) is 5.20. The Morgan fingerprint density at radius 1 is 1.47 bits per heavy atom. The smallest absolute Gasteiger partial charge is 0.224 e. The molecule has 0 spiro atoms. The topological polar surface area (TPSA) is 55.1 Å². The van der Waals surface area contributed by atoms with E-state index in [2.05, 4.69) is 5.32 Å². The highest BCUT2D eigenvalue weighted by Crippen LogP contribution is 2.13. The molecule has 1 rings (SSSR count). The summed E-state index contributed by atoms with van der Waals surface area (Å²) in [5, 5.41) is 2.87. The molecule has 1 unspecified atom stereocenters. The number of rotatable bonds is 4. The number of anilines is 1. The molecule has 82 valence electrons. The summed E-state index contributed by atoms with van der Waals surface area (Å²) in [6.07, 6.45) is 1.20. The second kappa shape index (κ2) is 5.51. The summed E-state index contributed by atoms with van der Waals surface area (Å²) in [6.45, 7) is 3.88. The van der Waals surface area contributed by atoms with E-state index in [-0.39, 0.29) is 11.9 Å². The number of carbonyl (C=O) groups is 1. The lowest BCUT2D eigenvalue weighted by Crippen LogP contribution is -2.19. The van der Waals surface area contributed by atoms with E-state index in [0.717, 1.165) is 17.7 Å². The Morgan fingerprint density at radius 3 is 2.73 bits per heavy atom. The minimum Gasteiger partial charge on any atom is -0.328 e. The second-order valence-corrected chi connectivity index (χ2v) is 3.88. The van der Waals surface area contributed by atoms with Crippen LogP contribution in [0, 0.1) is 6.92 Å². The van der Waals surface area contributed by atoms with E-state index in [1.165, 1.54) is 0 Å². The summed E-state index contributed by atoms with van der Waals surface area (Å²) >= 11 is 0. The van der Waals surface area contributed by atoms with Crippen LogP contribution in [0.4, 0.5) is 5.69 Å². The third-order valence-electron chi connectivity index (χ3n) is 2.25. The quantitative estimate of drug-likeness (QED) is 0.792. The molecule has 0 bridgehead atoms. The van der Waals surface area contributed by atoms with Gasteiger partial charge in [-0.15, -0.1) is 0 Å². The Kier molecular flexibility index (Phi) is 4.31. The van der Waals surface area contributed by atoms with E-state index in [0.29, 0.717) is 6.42 Å². The predicted molar refractivity (Wildman–Crippen MR) is 62.7 cm³/mol. The van der Waals surface area contributed by atoms with Crippen molar-refractivity contribution in [1.29, 1.82) is 0 Å². The zero-order valence-corrected chi connectivity index (χ0v) is 9.29. The monoisotopic (exact) mass is 206 g/mol. The average molecular weight is 206 g/mol. The number of hydrogen-bond acceptors (Lipinski definition) is 2. The van der Waals surface area contributed by atoms with E-state index in [9.17, 15) is 4.79 Å². The van der Waals surface area contributed by atoms with Crippen LogP contribution < -0.4 is 11.1 Å². The minimum absolute atomic E-state index is 0.0293. The molecule has 0 aromatic heterocycles. The number of nitrogens with one attached hydrogen (secondary N) is 1. The largest absolute Gasteiger partial charge is 0.328 e. The summed E-state index contributed by atoms with van der Waals surface area (Å²) in [6, 6.07) is 7.81. The summed E-state index contributed by atoms with van der Waals surface area (Å²) in [5.41, 5.74) is 7.54. The fourth-order valence-electron chi connectivity index (χ4n) is 1.28. The summed E-state index contributed by atoms with van der Waals surface area (Å²) in [5.74, 6) is 0.0293. The average Bonchev–Trinajstić information content (AvgIpc) is 2.18. The fourth-order valence-corrected chi connectivity index (χ4v) is 1.28. The number of amides is 1. The van der Waals surface area contributed by atoms with Crippen LogP contribution in [0.3, 0.4) is 0 Å². The zero-order valence-electron chi connectivity index (χ0n) is 9.29. The number of nitrogens with two attached hydrogens (primary N) is 1. The van der Waals surface area contributed by atoms with Gasteiger partial charge in [0.1, 0.15) is 0 Å². The third-order valence-corrected chi connectivity index (χ3v) is 2.25. The van der Waals surface area contributed by atoms with Gasteiger partial charge in [-0.25, -0.2) is 0 Å². The van der Waals surface area contributed by atoms with Crippen molar-refractivity contribution >= 4 is 11.6 Å². The SMILES string of the molecule is Cc1ccccc1NC(=O)CCC(C)N. The Labute approximate surface area is 90.7 Å². The lowest BCUT2D eigenvalue weighted by Gasteiger charge is -2.08. The van der Waals surface area contributed by atoms with Crippen LogP contribution in [0.5, 0.6) is 0 Å². The molecule has 15 heavy (non-hydrogen) atoms. The second-order valence-electron chi connectivity index (χ2n) is 3.88. The van der Waals surface area contributed by atoms with Gasteiger partial charge in [-0.05, 0) is 31.9 Å². The van der Waals surface area contributed by atoms with Crippen molar-refractivity contribution in [2.24, 2.45) is 5.73 Å².